The van der Waals surface area contributed by atoms with Crippen molar-refractivity contribution >= 4 is 11.3 Å². The lowest BCUT2D eigenvalue weighted by molar-refractivity contribution is 1.48. The standard InChI is InChI=1S/C7H8.C5H6S/c1-7-5-3-2-4-6-7;1-5-3-2-4-6-5/h2-6H,1H3;2-4H,1H3. The fraction of sp³-hybridized carbons (Fsp3) is 0.167. The summed E-state index contributed by atoms with van der Waals surface area (Å²) in [4.78, 5) is 1.38. The van der Waals surface area contributed by atoms with Crippen LogP contribution in [-0.2, 0) is 0 Å². The zero-order chi connectivity index (χ0) is 9.52. The van der Waals surface area contributed by atoms with E-state index in [1.165, 1.54) is 10.4 Å². The number of hydrogen-bond acceptors (Lipinski definition) is 1. The van der Waals surface area contributed by atoms with E-state index in [2.05, 4.69) is 43.5 Å². The number of hydrogen-bond donors (Lipinski definition) is 0. The summed E-state index contributed by atoms with van der Waals surface area (Å²) in [6, 6.07) is 14.4. The van der Waals surface area contributed by atoms with Crippen LogP contribution in [0.2, 0.25) is 0 Å². The van der Waals surface area contributed by atoms with Crippen LogP contribution in [0.15, 0.2) is 47.8 Å². The van der Waals surface area contributed by atoms with Crippen molar-refractivity contribution in [2.24, 2.45) is 0 Å². The molecule has 1 heteroatoms. The van der Waals surface area contributed by atoms with Crippen molar-refractivity contribution in [3.8, 4) is 0 Å². The molecule has 0 radical (unpaired) electrons. The molecule has 0 spiro atoms. The maximum atomic E-state index is 2.10. The predicted octanol–water partition coefficient (Wildman–Crippen LogP) is 4.05. The Morgan fingerprint density at radius 3 is 1.77 bits per heavy atom. The summed E-state index contributed by atoms with van der Waals surface area (Å²) in [6.45, 7) is 4.19. The van der Waals surface area contributed by atoms with Gasteiger partial charge in [0.2, 0.25) is 0 Å². The monoisotopic (exact) mass is 190 g/mol. The minimum Gasteiger partial charge on any atom is -0.149 e. The second-order valence-corrected chi connectivity index (χ2v) is 4.03. The van der Waals surface area contributed by atoms with Crippen molar-refractivity contribution in [2.75, 3.05) is 0 Å². The largest absolute Gasteiger partial charge is 0.149 e. The average molecular weight is 190 g/mol. The maximum absolute atomic E-state index is 2.10. The van der Waals surface area contributed by atoms with Crippen LogP contribution < -0.4 is 0 Å². The molecule has 0 fully saturated rings. The molecule has 0 saturated heterocycles. The fourth-order valence-corrected chi connectivity index (χ4v) is 1.42. The van der Waals surface area contributed by atoms with Crippen molar-refractivity contribution in [3.63, 3.8) is 0 Å². The molecule has 0 saturated carbocycles. The molecule has 0 amide bonds. The van der Waals surface area contributed by atoms with Crippen LogP contribution in [0, 0.1) is 13.8 Å². The lowest BCUT2D eigenvalue weighted by atomic mass is 10.2. The smallest absolute Gasteiger partial charge is 0.00141 e. The van der Waals surface area contributed by atoms with Gasteiger partial charge in [-0.25, -0.2) is 0 Å². The first-order chi connectivity index (χ1) is 6.29. The van der Waals surface area contributed by atoms with Crippen LogP contribution in [0.3, 0.4) is 0 Å². The Balaban J connectivity index is 0.000000132. The van der Waals surface area contributed by atoms with Gasteiger partial charge in [0.25, 0.3) is 0 Å². The molecular formula is C12H14S. The van der Waals surface area contributed by atoms with Gasteiger partial charge in [0.05, 0.1) is 0 Å². The molecule has 0 atom stereocenters. The lowest BCUT2D eigenvalue weighted by Gasteiger charge is -1.82. The molecule has 2 rings (SSSR count). The summed E-state index contributed by atoms with van der Waals surface area (Å²) in [5.74, 6) is 0. The van der Waals surface area contributed by atoms with E-state index in [9.17, 15) is 0 Å². The van der Waals surface area contributed by atoms with Gasteiger partial charge in [-0.2, -0.15) is 0 Å². The second-order valence-electron chi connectivity index (χ2n) is 2.88. The van der Waals surface area contributed by atoms with Gasteiger partial charge in [-0.3, -0.25) is 0 Å². The summed E-state index contributed by atoms with van der Waals surface area (Å²) < 4.78 is 0. The van der Waals surface area contributed by atoms with Crippen LogP contribution in [-0.4, -0.2) is 0 Å². The fourth-order valence-electron chi connectivity index (χ4n) is 0.895. The third kappa shape index (κ3) is 4.48. The molecule has 1 heterocycles. The average Bonchev–Trinajstić information content (AvgIpc) is 2.58. The number of thiophene rings is 1. The molecule has 1 aromatic carbocycles. The summed E-state index contributed by atoms with van der Waals surface area (Å²) >= 11 is 1.78. The normalized spacial score (nSPS) is 8.77. The first-order valence-electron chi connectivity index (χ1n) is 4.31. The van der Waals surface area contributed by atoms with E-state index >= 15 is 0 Å². The van der Waals surface area contributed by atoms with Gasteiger partial charge in [-0.1, -0.05) is 42.0 Å². The highest BCUT2D eigenvalue weighted by atomic mass is 32.1. The van der Waals surface area contributed by atoms with E-state index in [0.29, 0.717) is 0 Å². The highest BCUT2D eigenvalue weighted by Crippen LogP contribution is 2.03. The van der Waals surface area contributed by atoms with Crippen molar-refractivity contribution < 1.29 is 0 Å². The van der Waals surface area contributed by atoms with Gasteiger partial charge in [-0.15, -0.1) is 11.3 Å². The van der Waals surface area contributed by atoms with Crippen molar-refractivity contribution in [3.05, 3.63) is 58.3 Å². The van der Waals surface area contributed by atoms with Crippen LogP contribution in [0.1, 0.15) is 10.4 Å². The summed E-state index contributed by atoms with van der Waals surface area (Å²) in [7, 11) is 0. The summed E-state index contributed by atoms with van der Waals surface area (Å²) in [5.41, 5.74) is 1.32. The first-order valence-corrected chi connectivity index (χ1v) is 5.19. The van der Waals surface area contributed by atoms with Gasteiger partial charge < -0.3 is 0 Å². The van der Waals surface area contributed by atoms with E-state index in [0.717, 1.165) is 0 Å². The second kappa shape index (κ2) is 5.55. The van der Waals surface area contributed by atoms with Gasteiger partial charge in [-0.05, 0) is 25.3 Å². The van der Waals surface area contributed by atoms with Gasteiger partial charge in [0.1, 0.15) is 0 Å². The molecule has 2 aromatic rings. The Bertz CT molecular complexity index is 308. The third-order valence-electron chi connectivity index (χ3n) is 1.60. The van der Waals surface area contributed by atoms with Crippen LogP contribution in [0.4, 0.5) is 0 Å². The lowest BCUT2D eigenvalue weighted by Crippen LogP contribution is -1.62. The first kappa shape index (κ1) is 10.0. The van der Waals surface area contributed by atoms with E-state index in [1.807, 2.05) is 18.2 Å². The Labute approximate surface area is 83.9 Å². The maximum Gasteiger partial charge on any atom is 0.00141 e. The van der Waals surface area contributed by atoms with Crippen molar-refractivity contribution in [1.82, 2.24) is 0 Å². The third-order valence-corrected chi connectivity index (χ3v) is 2.40. The Morgan fingerprint density at radius 2 is 1.54 bits per heavy atom. The van der Waals surface area contributed by atoms with Crippen molar-refractivity contribution in [1.29, 1.82) is 0 Å². The molecule has 1 aromatic heterocycles. The Kier molecular flexibility index (Phi) is 4.27. The molecular weight excluding hydrogens is 176 g/mol. The summed E-state index contributed by atoms with van der Waals surface area (Å²) in [5, 5.41) is 2.08. The molecule has 0 N–H and O–H groups in total. The van der Waals surface area contributed by atoms with Crippen molar-refractivity contribution in [2.45, 2.75) is 13.8 Å². The zero-order valence-corrected chi connectivity index (χ0v) is 8.84. The van der Waals surface area contributed by atoms with Gasteiger partial charge in [0.15, 0.2) is 0 Å². The molecule has 13 heavy (non-hydrogen) atoms. The molecule has 0 aliphatic rings. The van der Waals surface area contributed by atoms with Gasteiger partial charge >= 0.3 is 0 Å². The number of benzene rings is 1. The number of aryl methyl sites for hydroxylation is 2. The van der Waals surface area contributed by atoms with Crippen LogP contribution >= 0.6 is 11.3 Å². The topological polar surface area (TPSA) is 0 Å². The van der Waals surface area contributed by atoms with Crippen LogP contribution in [0.5, 0.6) is 0 Å². The quantitative estimate of drug-likeness (QED) is 0.588. The predicted molar refractivity (Wildman–Crippen MR) is 60.2 cm³/mol. The van der Waals surface area contributed by atoms with E-state index in [1.54, 1.807) is 11.3 Å². The van der Waals surface area contributed by atoms with E-state index < -0.39 is 0 Å². The highest BCUT2D eigenvalue weighted by molar-refractivity contribution is 7.09. The van der Waals surface area contributed by atoms with Gasteiger partial charge in [0, 0.05) is 4.88 Å². The van der Waals surface area contributed by atoms with E-state index in [4.69, 9.17) is 0 Å². The summed E-state index contributed by atoms with van der Waals surface area (Å²) in [6.07, 6.45) is 0. The van der Waals surface area contributed by atoms with E-state index in [-0.39, 0.29) is 0 Å². The van der Waals surface area contributed by atoms with Crippen LogP contribution in [0.25, 0.3) is 0 Å². The SMILES string of the molecule is Cc1ccccc1.Cc1cccs1. The minimum atomic E-state index is 1.32. The molecule has 0 aliphatic carbocycles. The Hall–Kier alpha value is -1.08. The molecule has 0 aliphatic heterocycles. The minimum absolute atomic E-state index is 1.32. The number of rotatable bonds is 0. The zero-order valence-electron chi connectivity index (χ0n) is 8.03. The molecule has 68 valence electrons. The molecule has 0 unspecified atom stereocenters. The highest BCUT2D eigenvalue weighted by Gasteiger charge is 1.74. The molecule has 0 nitrogen and oxygen atoms in total. The Morgan fingerprint density at radius 1 is 0.846 bits per heavy atom. The molecule has 0 bridgehead atoms.